The number of halogens is 2. The van der Waals surface area contributed by atoms with E-state index in [9.17, 15) is 23.2 Å². The summed E-state index contributed by atoms with van der Waals surface area (Å²) in [6.07, 6.45) is -0.164. The molecule has 0 fully saturated rings. The third-order valence-corrected chi connectivity index (χ3v) is 3.16. The van der Waals surface area contributed by atoms with Gasteiger partial charge in [-0.05, 0) is 30.5 Å². The molecular formula is C16H19F2NO4. The van der Waals surface area contributed by atoms with E-state index in [2.05, 4.69) is 5.32 Å². The highest BCUT2D eigenvalue weighted by molar-refractivity contribution is 5.98. The molecule has 1 aromatic rings. The molecule has 1 atom stereocenters. The zero-order valence-electron chi connectivity index (χ0n) is 12.9. The molecule has 1 rings (SSSR count). The Balaban J connectivity index is 2.56. The van der Waals surface area contributed by atoms with Gasteiger partial charge in [-0.25, -0.2) is 13.6 Å². The molecule has 0 heterocycles. The third kappa shape index (κ3) is 6.14. The van der Waals surface area contributed by atoms with Crippen LogP contribution in [0.2, 0.25) is 0 Å². The molecule has 0 spiro atoms. The number of amides is 1. The van der Waals surface area contributed by atoms with Gasteiger partial charge in [0.25, 0.3) is 0 Å². The smallest absolute Gasteiger partial charge is 0.326 e. The molecule has 0 aromatic heterocycles. The van der Waals surface area contributed by atoms with Crippen molar-refractivity contribution in [3.63, 3.8) is 0 Å². The van der Waals surface area contributed by atoms with Crippen LogP contribution in [0.15, 0.2) is 18.2 Å². The number of aliphatic carboxylic acids is 1. The van der Waals surface area contributed by atoms with Gasteiger partial charge in [0.05, 0.1) is 0 Å². The van der Waals surface area contributed by atoms with Gasteiger partial charge in [-0.15, -0.1) is 0 Å². The van der Waals surface area contributed by atoms with Crippen LogP contribution < -0.4 is 5.32 Å². The lowest BCUT2D eigenvalue weighted by Gasteiger charge is -2.16. The van der Waals surface area contributed by atoms with Crippen LogP contribution in [0, 0.1) is 17.6 Å². The van der Waals surface area contributed by atoms with Gasteiger partial charge in [0.2, 0.25) is 5.91 Å². The lowest BCUT2D eigenvalue weighted by Crippen LogP contribution is -2.41. The molecule has 126 valence electrons. The van der Waals surface area contributed by atoms with Crippen LogP contribution in [0.5, 0.6) is 0 Å². The summed E-state index contributed by atoms with van der Waals surface area (Å²) in [5.41, 5.74) is -0.0336. The number of carboxylic acids is 1. The molecule has 1 amide bonds. The topological polar surface area (TPSA) is 83.5 Å². The number of Topliss-reactive ketones (excluding diaryl/α,β-unsaturated/α-hetero) is 1. The number of rotatable bonds is 8. The average Bonchev–Trinajstić information content (AvgIpc) is 2.46. The van der Waals surface area contributed by atoms with E-state index >= 15 is 0 Å². The monoisotopic (exact) mass is 327 g/mol. The molecule has 0 aliphatic heterocycles. The fraction of sp³-hybridized carbons (Fsp3) is 0.438. The van der Waals surface area contributed by atoms with Crippen LogP contribution in [0.25, 0.3) is 0 Å². The molecular weight excluding hydrogens is 308 g/mol. The Morgan fingerprint density at radius 2 is 1.78 bits per heavy atom. The third-order valence-electron chi connectivity index (χ3n) is 3.16. The van der Waals surface area contributed by atoms with Crippen LogP contribution in [-0.2, 0) is 9.59 Å². The van der Waals surface area contributed by atoms with Gasteiger partial charge in [0.15, 0.2) is 17.4 Å². The summed E-state index contributed by atoms with van der Waals surface area (Å²) in [6.45, 7) is 3.66. The number of hydrogen-bond donors (Lipinski definition) is 2. The van der Waals surface area contributed by atoms with Crippen molar-refractivity contribution in [2.45, 2.75) is 39.2 Å². The second-order valence-electron chi connectivity index (χ2n) is 5.64. The molecule has 1 unspecified atom stereocenters. The molecule has 1 aromatic carbocycles. The van der Waals surface area contributed by atoms with E-state index in [4.69, 9.17) is 5.11 Å². The Morgan fingerprint density at radius 3 is 2.30 bits per heavy atom. The van der Waals surface area contributed by atoms with Crippen LogP contribution in [0.4, 0.5) is 8.78 Å². The fourth-order valence-corrected chi connectivity index (χ4v) is 2.00. The first kappa shape index (κ1) is 18.7. The first-order valence-electron chi connectivity index (χ1n) is 7.21. The molecule has 0 saturated heterocycles. The number of benzene rings is 1. The lowest BCUT2D eigenvalue weighted by atomic mass is 10.0. The Kier molecular flexibility index (Phi) is 6.81. The average molecular weight is 327 g/mol. The summed E-state index contributed by atoms with van der Waals surface area (Å²) >= 11 is 0. The highest BCUT2D eigenvalue weighted by Crippen LogP contribution is 2.12. The number of carboxylic acid groups (broad SMARTS) is 1. The van der Waals surface area contributed by atoms with E-state index in [1.165, 1.54) is 0 Å². The molecule has 23 heavy (non-hydrogen) atoms. The molecule has 0 aliphatic rings. The number of ketones is 1. The van der Waals surface area contributed by atoms with E-state index in [-0.39, 0.29) is 30.7 Å². The van der Waals surface area contributed by atoms with Crippen molar-refractivity contribution in [2.75, 3.05) is 0 Å². The number of hydrogen-bond acceptors (Lipinski definition) is 3. The minimum Gasteiger partial charge on any atom is -0.480 e. The summed E-state index contributed by atoms with van der Waals surface area (Å²) in [6, 6.07) is 1.73. The summed E-state index contributed by atoms with van der Waals surface area (Å²) in [5.74, 6) is -4.34. The molecule has 5 nitrogen and oxygen atoms in total. The Morgan fingerprint density at radius 1 is 1.13 bits per heavy atom. The van der Waals surface area contributed by atoms with Crippen molar-refractivity contribution in [3.05, 3.63) is 35.4 Å². The van der Waals surface area contributed by atoms with E-state index in [1.807, 2.05) is 13.8 Å². The standard InChI is InChI=1S/C16H19F2NO4/c1-9(2)7-13(16(22)23)19-15(21)6-5-14(20)10-3-4-11(17)12(18)8-10/h3-4,8-9,13H,5-7H2,1-2H3,(H,19,21)(H,22,23). The predicted molar refractivity (Wildman–Crippen MR) is 78.9 cm³/mol. The fourth-order valence-electron chi connectivity index (χ4n) is 2.00. The van der Waals surface area contributed by atoms with E-state index in [1.54, 1.807) is 0 Å². The van der Waals surface area contributed by atoms with Crippen molar-refractivity contribution >= 4 is 17.7 Å². The SMILES string of the molecule is CC(C)CC(NC(=O)CCC(=O)c1ccc(F)c(F)c1)C(=O)O. The molecule has 0 saturated carbocycles. The Hall–Kier alpha value is -2.31. The molecule has 0 aliphatic carbocycles. The summed E-state index contributed by atoms with van der Waals surface area (Å²) in [5, 5.41) is 11.4. The van der Waals surface area contributed by atoms with Gasteiger partial charge in [0.1, 0.15) is 6.04 Å². The minimum atomic E-state index is -1.14. The zero-order chi connectivity index (χ0) is 17.6. The number of nitrogens with one attached hydrogen (secondary N) is 1. The molecule has 7 heteroatoms. The van der Waals surface area contributed by atoms with Crippen LogP contribution in [-0.4, -0.2) is 28.8 Å². The highest BCUT2D eigenvalue weighted by atomic mass is 19.2. The maximum Gasteiger partial charge on any atom is 0.326 e. The van der Waals surface area contributed by atoms with Gasteiger partial charge >= 0.3 is 5.97 Å². The maximum atomic E-state index is 13.0. The normalized spacial score (nSPS) is 12.0. The van der Waals surface area contributed by atoms with E-state index in [0.717, 1.165) is 18.2 Å². The van der Waals surface area contributed by atoms with Crippen molar-refractivity contribution in [3.8, 4) is 0 Å². The van der Waals surface area contributed by atoms with Gasteiger partial charge in [0, 0.05) is 18.4 Å². The molecule has 0 bridgehead atoms. The summed E-state index contributed by atoms with van der Waals surface area (Å²) < 4.78 is 25.8. The van der Waals surface area contributed by atoms with Gasteiger partial charge in [-0.2, -0.15) is 0 Å². The zero-order valence-corrected chi connectivity index (χ0v) is 12.9. The maximum absolute atomic E-state index is 13.0. The Bertz CT molecular complexity index is 602. The van der Waals surface area contributed by atoms with Gasteiger partial charge in [-0.1, -0.05) is 13.8 Å². The summed E-state index contributed by atoms with van der Waals surface area (Å²) in [7, 11) is 0. The predicted octanol–water partition coefficient (Wildman–Crippen LogP) is 2.54. The minimum absolute atomic E-state index is 0.0336. The van der Waals surface area contributed by atoms with Crippen molar-refractivity contribution in [2.24, 2.45) is 5.92 Å². The molecule has 2 N–H and O–H groups in total. The first-order valence-corrected chi connectivity index (χ1v) is 7.21. The first-order chi connectivity index (χ1) is 10.7. The van der Waals surface area contributed by atoms with E-state index < -0.39 is 35.3 Å². The Labute approximate surface area is 132 Å². The van der Waals surface area contributed by atoms with Crippen molar-refractivity contribution in [1.82, 2.24) is 5.32 Å². The largest absolute Gasteiger partial charge is 0.480 e. The van der Waals surface area contributed by atoms with Gasteiger partial charge in [-0.3, -0.25) is 9.59 Å². The number of carbonyl (C=O) groups excluding carboxylic acids is 2. The van der Waals surface area contributed by atoms with Crippen LogP contribution in [0.1, 0.15) is 43.5 Å². The quantitative estimate of drug-likeness (QED) is 0.719. The van der Waals surface area contributed by atoms with E-state index in [0.29, 0.717) is 0 Å². The summed E-state index contributed by atoms with van der Waals surface area (Å²) in [4.78, 5) is 34.6. The second kappa shape index (κ2) is 8.36. The number of carbonyl (C=O) groups is 3. The van der Waals surface area contributed by atoms with Gasteiger partial charge < -0.3 is 10.4 Å². The van der Waals surface area contributed by atoms with Crippen molar-refractivity contribution in [1.29, 1.82) is 0 Å². The van der Waals surface area contributed by atoms with Crippen molar-refractivity contribution < 1.29 is 28.3 Å². The molecule has 0 radical (unpaired) electrons. The highest BCUT2D eigenvalue weighted by Gasteiger charge is 2.21. The second-order valence-corrected chi connectivity index (χ2v) is 5.64. The van der Waals surface area contributed by atoms with Crippen LogP contribution in [0.3, 0.4) is 0 Å². The van der Waals surface area contributed by atoms with Crippen LogP contribution >= 0.6 is 0 Å². The lowest BCUT2D eigenvalue weighted by molar-refractivity contribution is -0.142.